The summed E-state index contributed by atoms with van der Waals surface area (Å²) in [7, 11) is 0. The Hall–Kier alpha value is -3.43. The maximum absolute atomic E-state index is 13.8. The Balaban J connectivity index is 1.19. The number of carbonyl (C=O) groups is 5. The van der Waals surface area contributed by atoms with Crippen molar-refractivity contribution in [3.05, 3.63) is 66.2 Å². The first kappa shape index (κ1) is 35.9. The summed E-state index contributed by atoms with van der Waals surface area (Å²) in [6.07, 6.45) is 6.08. The molecule has 1 saturated heterocycles. The van der Waals surface area contributed by atoms with E-state index in [0.717, 1.165) is 36.9 Å². The number of fused-ring (bicyclic) bond motifs is 1. The number of alkyl halides is 2. The maximum atomic E-state index is 13.8. The fourth-order valence-corrected chi connectivity index (χ4v) is 8.23. The fourth-order valence-electron chi connectivity index (χ4n) is 7.41. The van der Waals surface area contributed by atoms with Crippen LogP contribution in [0.1, 0.15) is 70.8 Å². The largest absolute Gasteiger partial charge is 0.349 e. The highest BCUT2D eigenvalue weighted by Crippen LogP contribution is 2.65. The third-order valence-electron chi connectivity index (χ3n) is 10.2. The SMILES string of the molecule is CCCC(NC(=O)[C@@H]1[C@@H]2[C@H](CN1C(=O)[C@@H](C)C1CCCCC1)C2(Cl)Cl)C(=O)C(=O)NCCC(=O)N(Cc1ccccc1)c1ccccc1. The van der Waals surface area contributed by atoms with Gasteiger partial charge >= 0.3 is 0 Å². The van der Waals surface area contributed by atoms with E-state index < -0.39 is 39.9 Å². The van der Waals surface area contributed by atoms with Crippen LogP contribution in [0.4, 0.5) is 5.69 Å². The Kier molecular flexibility index (Phi) is 11.8. The molecule has 4 amide bonds. The zero-order valence-corrected chi connectivity index (χ0v) is 29.2. The molecule has 258 valence electrons. The number of benzene rings is 2. The number of halogens is 2. The van der Waals surface area contributed by atoms with Gasteiger partial charge in [0.15, 0.2) is 0 Å². The number of carbonyl (C=O) groups excluding carboxylic acids is 5. The van der Waals surface area contributed by atoms with Gasteiger partial charge in [0, 0.05) is 43.0 Å². The van der Waals surface area contributed by atoms with Crippen LogP contribution in [0.3, 0.4) is 0 Å². The molecule has 5 rings (SSSR count). The molecule has 3 aliphatic rings. The Bertz CT molecular complexity index is 1470. The topological polar surface area (TPSA) is 116 Å². The normalized spacial score (nSPS) is 22.6. The van der Waals surface area contributed by atoms with Crippen LogP contribution in [0.25, 0.3) is 0 Å². The molecule has 2 aliphatic carbocycles. The number of amides is 4. The first-order valence-corrected chi connectivity index (χ1v) is 18.0. The van der Waals surface area contributed by atoms with Crippen molar-refractivity contribution in [2.45, 2.75) is 88.2 Å². The minimum absolute atomic E-state index is 0.0273. The molecule has 48 heavy (non-hydrogen) atoms. The van der Waals surface area contributed by atoms with Gasteiger partial charge in [-0.05, 0) is 42.9 Å². The van der Waals surface area contributed by atoms with Crippen LogP contribution in [0.2, 0.25) is 0 Å². The van der Waals surface area contributed by atoms with E-state index in [0.29, 0.717) is 13.0 Å². The number of para-hydroxylation sites is 1. The van der Waals surface area contributed by atoms with Crippen LogP contribution < -0.4 is 15.5 Å². The predicted octanol–water partition coefficient (Wildman–Crippen LogP) is 5.43. The van der Waals surface area contributed by atoms with E-state index in [4.69, 9.17) is 23.2 Å². The summed E-state index contributed by atoms with van der Waals surface area (Å²) in [4.78, 5) is 70.5. The molecular weight excluding hydrogens is 651 g/mol. The smallest absolute Gasteiger partial charge is 0.289 e. The second kappa shape index (κ2) is 15.9. The predicted molar refractivity (Wildman–Crippen MR) is 186 cm³/mol. The zero-order valence-electron chi connectivity index (χ0n) is 27.7. The summed E-state index contributed by atoms with van der Waals surface area (Å²) in [5.74, 6) is -3.13. The molecule has 0 aromatic heterocycles. The Morgan fingerprint density at radius 2 is 1.60 bits per heavy atom. The average molecular weight is 698 g/mol. The van der Waals surface area contributed by atoms with Gasteiger partial charge in [-0.25, -0.2) is 0 Å². The van der Waals surface area contributed by atoms with Crippen LogP contribution in [-0.2, 0) is 30.5 Å². The number of nitrogens with zero attached hydrogens (tertiary/aromatic N) is 2. The zero-order chi connectivity index (χ0) is 34.4. The number of hydrogen-bond donors (Lipinski definition) is 2. The lowest BCUT2D eigenvalue weighted by atomic mass is 9.80. The molecule has 2 aromatic rings. The minimum Gasteiger partial charge on any atom is -0.349 e. The molecule has 0 bridgehead atoms. The highest BCUT2D eigenvalue weighted by molar-refractivity contribution is 6.51. The Morgan fingerprint density at radius 3 is 2.25 bits per heavy atom. The monoisotopic (exact) mass is 696 g/mol. The highest BCUT2D eigenvalue weighted by atomic mass is 35.5. The average Bonchev–Trinajstić information content (AvgIpc) is 3.40. The van der Waals surface area contributed by atoms with E-state index in [2.05, 4.69) is 10.6 Å². The summed E-state index contributed by atoms with van der Waals surface area (Å²) < 4.78 is -1.12. The van der Waals surface area contributed by atoms with E-state index in [1.165, 1.54) is 6.42 Å². The van der Waals surface area contributed by atoms with Gasteiger partial charge in [0.05, 0.1) is 12.6 Å². The number of nitrogens with one attached hydrogen (secondary N) is 2. The number of anilines is 1. The van der Waals surface area contributed by atoms with E-state index >= 15 is 0 Å². The van der Waals surface area contributed by atoms with Gasteiger partial charge in [0.25, 0.3) is 5.91 Å². The van der Waals surface area contributed by atoms with Crippen molar-refractivity contribution in [2.24, 2.45) is 23.7 Å². The van der Waals surface area contributed by atoms with E-state index in [-0.39, 0.29) is 55.5 Å². The van der Waals surface area contributed by atoms with Crippen molar-refractivity contribution in [3.8, 4) is 0 Å². The molecule has 2 N–H and O–H groups in total. The number of piperidine rings is 1. The second-order valence-electron chi connectivity index (χ2n) is 13.5. The molecule has 1 aliphatic heterocycles. The van der Waals surface area contributed by atoms with Gasteiger partial charge in [-0.3, -0.25) is 24.0 Å². The van der Waals surface area contributed by atoms with Crippen LogP contribution >= 0.6 is 23.2 Å². The van der Waals surface area contributed by atoms with Gasteiger partial charge in [-0.1, -0.05) is 88.1 Å². The van der Waals surface area contributed by atoms with E-state index in [1.807, 2.05) is 74.5 Å². The van der Waals surface area contributed by atoms with Gasteiger partial charge in [-0.15, -0.1) is 23.2 Å². The van der Waals surface area contributed by atoms with Crippen LogP contribution in [0, 0.1) is 23.7 Å². The number of hydrogen-bond acceptors (Lipinski definition) is 5. The number of likely N-dealkylation sites (tertiary alicyclic amines) is 1. The minimum atomic E-state index is -1.12. The molecule has 0 spiro atoms. The maximum Gasteiger partial charge on any atom is 0.289 e. The molecule has 2 aromatic carbocycles. The molecule has 11 heteroatoms. The third-order valence-corrected chi connectivity index (χ3v) is 11.3. The number of Topliss-reactive ketones (excluding diaryl/α,β-unsaturated/α-hetero) is 1. The molecular formula is C37H46Cl2N4O5. The second-order valence-corrected chi connectivity index (χ2v) is 14.9. The lowest BCUT2D eigenvalue weighted by molar-refractivity contribution is -0.145. The van der Waals surface area contributed by atoms with E-state index in [1.54, 1.807) is 9.80 Å². The van der Waals surface area contributed by atoms with Crippen molar-refractivity contribution in [2.75, 3.05) is 18.0 Å². The first-order valence-electron chi connectivity index (χ1n) is 17.2. The van der Waals surface area contributed by atoms with Crippen LogP contribution in [0.5, 0.6) is 0 Å². The highest BCUT2D eigenvalue weighted by Gasteiger charge is 2.74. The van der Waals surface area contributed by atoms with Crippen molar-refractivity contribution >= 4 is 58.3 Å². The standard InChI is InChI=1S/C37H46Cl2N4O5/c1-3-13-29(41-34(46)32-31-28(37(31,38)39)23-43(32)36(48)24(2)26-16-9-5-10-17-26)33(45)35(47)40-21-20-30(44)42(27-18-11-6-12-19-27)22-25-14-7-4-8-15-25/h4,6-8,11-12,14-15,18-19,24,26,28-29,31-32H,3,5,9-10,13,16-17,20-23H2,1-2H3,(H,40,47)(H,41,46)/t24-,28-,29?,31-,32-/m0/s1. The first-order chi connectivity index (χ1) is 23.0. The van der Waals surface area contributed by atoms with Crippen LogP contribution in [-0.4, -0.2) is 63.8 Å². The van der Waals surface area contributed by atoms with Gasteiger partial charge in [-0.2, -0.15) is 0 Å². The van der Waals surface area contributed by atoms with Gasteiger partial charge < -0.3 is 20.4 Å². The third kappa shape index (κ3) is 8.05. The summed E-state index contributed by atoms with van der Waals surface area (Å²) in [5, 5.41) is 5.35. The summed E-state index contributed by atoms with van der Waals surface area (Å²) in [5.41, 5.74) is 1.68. The van der Waals surface area contributed by atoms with Crippen molar-refractivity contribution in [3.63, 3.8) is 0 Å². The molecule has 5 atom stereocenters. The Morgan fingerprint density at radius 1 is 0.958 bits per heavy atom. The summed E-state index contributed by atoms with van der Waals surface area (Å²) in [6.45, 7) is 4.38. The number of rotatable bonds is 14. The summed E-state index contributed by atoms with van der Waals surface area (Å²) >= 11 is 13.1. The molecule has 9 nitrogen and oxygen atoms in total. The molecule has 2 saturated carbocycles. The lowest BCUT2D eigenvalue weighted by Gasteiger charge is -2.35. The van der Waals surface area contributed by atoms with Crippen molar-refractivity contribution in [1.82, 2.24) is 15.5 Å². The fraction of sp³-hybridized carbons (Fsp3) is 0.541. The molecule has 1 heterocycles. The molecule has 3 fully saturated rings. The Labute approximate surface area is 293 Å². The molecule has 0 radical (unpaired) electrons. The van der Waals surface area contributed by atoms with Gasteiger partial charge in [0.1, 0.15) is 10.4 Å². The van der Waals surface area contributed by atoms with Gasteiger partial charge in [0.2, 0.25) is 23.5 Å². The number of ketones is 1. The van der Waals surface area contributed by atoms with Crippen molar-refractivity contribution < 1.29 is 24.0 Å². The summed E-state index contributed by atoms with van der Waals surface area (Å²) in [6, 6.07) is 16.9. The van der Waals surface area contributed by atoms with E-state index in [9.17, 15) is 24.0 Å². The van der Waals surface area contributed by atoms with Crippen LogP contribution in [0.15, 0.2) is 60.7 Å². The molecule has 1 unspecified atom stereocenters. The lowest BCUT2D eigenvalue weighted by Crippen LogP contribution is -2.56. The van der Waals surface area contributed by atoms with Crippen molar-refractivity contribution in [1.29, 1.82) is 0 Å². The quantitative estimate of drug-likeness (QED) is 0.202.